The SMILES string of the molecule is CCCC=Cc1ccc(C(=O)NCc2ccc(N(C)C)cc2)cc1. The Morgan fingerprint density at radius 2 is 1.71 bits per heavy atom. The molecule has 3 heteroatoms. The number of nitrogens with zero attached hydrogens (tertiary/aromatic N) is 1. The lowest BCUT2D eigenvalue weighted by Gasteiger charge is -2.13. The van der Waals surface area contributed by atoms with E-state index in [2.05, 4.69) is 41.4 Å². The molecule has 0 atom stereocenters. The van der Waals surface area contributed by atoms with Crippen molar-refractivity contribution >= 4 is 17.7 Å². The highest BCUT2D eigenvalue weighted by Gasteiger charge is 2.05. The van der Waals surface area contributed by atoms with Crippen LogP contribution in [0.2, 0.25) is 0 Å². The summed E-state index contributed by atoms with van der Waals surface area (Å²) >= 11 is 0. The maximum absolute atomic E-state index is 12.2. The molecule has 2 rings (SSSR count). The fourth-order valence-corrected chi connectivity index (χ4v) is 2.33. The Bertz CT molecular complexity index is 670. The second kappa shape index (κ2) is 8.92. The lowest BCUT2D eigenvalue weighted by Crippen LogP contribution is -2.22. The third-order valence-corrected chi connectivity index (χ3v) is 3.84. The van der Waals surface area contributed by atoms with Crippen LogP contribution in [0.4, 0.5) is 5.69 Å². The maximum Gasteiger partial charge on any atom is 0.251 e. The van der Waals surface area contributed by atoms with Gasteiger partial charge in [0.25, 0.3) is 5.91 Å². The summed E-state index contributed by atoms with van der Waals surface area (Å²) in [7, 11) is 4.02. The molecule has 0 aliphatic heterocycles. The molecule has 0 saturated carbocycles. The Morgan fingerprint density at radius 3 is 2.29 bits per heavy atom. The molecule has 0 spiro atoms. The van der Waals surface area contributed by atoms with Crippen molar-refractivity contribution in [2.45, 2.75) is 26.3 Å². The van der Waals surface area contributed by atoms with Crippen LogP contribution in [0.5, 0.6) is 0 Å². The largest absolute Gasteiger partial charge is 0.378 e. The van der Waals surface area contributed by atoms with Crippen LogP contribution in [0.3, 0.4) is 0 Å². The third kappa shape index (κ3) is 5.27. The number of rotatable bonds is 7. The van der Waals surface area contributed by atoms with Gasteiger partial charge in [-0.1, -0.05) is 49.8 Å². The van der Waals surface area contributed by atoms with Gasteiger partial charge in [-0.25, -0.2) is 0 Å². The van der Waals surface area contributed by atoms with E-state index in [-0.39, 0.29) is 5.91 Å². The zero-order valence-electron chi connectivity index (χ0n) is 14.8. The number of nitrogens with one attached hydrogen (secondary N) is 1. The van der Waals surface area contributed by atoms with Crippen LogP contribution in [0.1, 0.15) is 41.3 Å². The van der Waals surface area contributed by atoms with E-state index in [0.29, 0.717) is 12.1 Å². The molecule has 3 nitrogen and oxygen atoms in total. The number of amides is 1. The zero-order valence-corrected chi connectivity index (χ0v) is 14.8. The van der Waals surface area contributed by atoms with Gasteiger partial charge in [-0.05, 0) is 41.8 Å². The molecule has 0 unspecified atom stereocenters. The Kier molecular flexibility index (Phi) is 6.62. The predicted molar refractivity (Wildman–Crippen MR) is 102 cm³/mol. The van der Waals surface area contributed by atoms with Gasteiger partial charge in [0.05, 0.1) is 0 Å². The van der Waals surface area contributed by atoms with E-state index in [1.165, 1.54) is 0 Å². The number of carbonyl (C=O) groups excluding carboxylic acids is 1. The van der Waals surface area contributed by atoms with E-state index in [9.17, 15) is 4.79 Å². The van der Waals surface area contributed by atoms with Crippen molar-refractivity contribution in [2.75, 3.05) is 19.0 Å². The average molecular weight is 322 g/mol. The molecule has 0 heterocycles. The Balaban J connectivity index is 1.90. The van der Waals surface area contributed by atoms with Crippen molar-refractivity contribution in [3.05, 3.63) is 71.3 Å². The smallest absolute Gasteiger partial charge is 0.251 e. The lowest BCUT2D eigenvalue weighted by molar-refractivity contribution is 0.0951. The Morgan fingerprint density at radius 1 is 1.04 bits per heavy atom. The topological polar surface area (TPSA) is 32.3 Å². The first-order chi connectivity index (χ1) is 11.6. The van der Waals surface area contributed by atoms with Gasteiger partial charge < -0.3 is 10.2 Å². The first-order valence-corrected chi connectivity index (χ1v) is 8.41. The highest BCUT2D eigenvalue weighted by molar-refractivity contribution is 5.94. The van der Waals surface area contributed by atoms with Crippen LogP contribution in [-0.4, -0.2) is 20.0 Å². The van der Waals surface area contributed by atoms with Gasteiger partial charge >= 0.3 is 0 Å². The van der Waals surface area contributed by atoms with E-state index in [1.54, 1.807) is 0 Å². The van der Waals surface area contributed by atoms with Crippen molar-refractivity contribution in [1.82, 2.24) is 5.32 Å². The van der Waals surface area contributed by atoms with Crippen LogP contribution in [0, 0.1) is 0 Å². The number of anilines is 1. The lowest BCUT2D eigenvalue weighted by atomic mass is 10.1. The minimum Gasteiger partial charge on any atom is -0.378 e. The molecule has 2 aromatic carbocycles. The first-order valence-electron chi connectivity index (χ1n) is 8.41. The van der Waals surface area contributed by atoms with Crippen molar-refractivity contribution in [1.29, 1.82) is 0 Å². The summed E-state index contributed by atoms with van der Waals surface area (Å²) in [4.78, 5) is 14.3. The minimum atomic E-state index is -0.0456. The summed E-state index contributed by atoms with van der Waals surface area (Å²) in [6, 6.07) is 15.9. The van der Waals surface area contributed by atoms with Gasteiger partial charge in [0.1, 0.15) is 0 Å². The van der Waals surface area contributed by atoms with Crippen LogP contribution in [0.25, 0.3) is 6.08 Å². The number of hydrogen-bond acceptors (Lipinski definition) is 2. The molecule has 0 radical (unpaired) electrons. The van der Waals surface area contributed by atoms with Gasteiger partial charge in [-0.2, -0.15) is 0 Å². The fourth-order valence-electron chi connectivity index (χ4n) is 2.33. The number of unbranched alkanes of at least 4 members (excludes halogenated alkanes) is 1. The van der Waals surface area contributed by atoms with Gasteiger partial charge in [0, 0.05) is 31.9 Å². The van der Waals surface area contributed by atoms with Crippen molar-refractivity contribution in [2.24, 2.45) is 0 Å². The van der Waals surface area contributed by atoms with E-state index in [1.807, 2.05) is 50.5 Å². The maximum atomic E-state index is 12.2. The molecule has 1 N–H and O–H groups in total. The van der Waals surface area contributed by atoms with Gasteiger partial charge in [-0.3, -0.25) is 4.79 Å². The summed E-state index contributed by atoms with van der Waals surface area (Å²) < 4.78 is 0. The van der Waals surface area contributed by atoms with Gasteiger partial charge in [0.15, 0.2) is 0 Å². The molecule has 24 heavy (non-hydrogen) atoms. The van der Waals surface area contributed by atoms with E-state index < -0.39 is 0 Å². The molecule has 0 aliphatic carbocycles. The van der Waals surface area contributed by atoms with E-state index in [0.717, 1.165) is 29.7 Å². The number of carbonyl (C=O) groups is 1. The fraction of sp³-hybridized carbons (Fsp3) is 0.286. The van der Waals surface area contributed by atoms with Crippen LogP contribution in [0.15, 0.2) is 54.6 Å². The molecular formula is C21H26N2O. The molecular weight excluding hydrogens is 296 g/mol. The molecule has 0 aliphatic rings. The highest BCUT2D eigenvalue weighted by atomic mass is 16.1. The van der Waals surface area contributed by atoms with Crippen LogP contribution < -0.4 is 10.2 Å². The molecule has 1 amide bonds. The number of benzene rings is 2. The molecule has 0 aromatic heterocycles. The summed E-state index contributed by atoms with van der Waals surface area (Å²) in [5.74, 6) is -0.0456. The number of allylic oxidation sites excluding steroid dienone is 1. The standard InChI is InChI=1S/C21H26N2O/c1-4-5-6-7-17-8-12-19(13-9-17)21(24)22-16-18-10-14-20(15-11-18)23(2)3/h6-15H,4-5,16H2,1-3H3,(H,22,24). The number of hydrogen-bond donors (Lipinski definition) is 1. The predicted octanol–water partition coefficient (Wildman–Crippen LogP) is 4.50. The van der Waals surface area contributed by atoms with Crippen molar-refractivity contribution in [3.63, 3.8) is 0 Å². The van der Waals surface area contributed by atoms with E-state index in [4.69, 9.17) is 0 Å². The second-order valence-electron chi connectivity index (χ2n) is 6.06. The van der Waals surface area contributed by atoms with Gasteiger partial charge in [-0.15, -0.1) is 0 Å². The second-order valence-corrected chi connectivity index (χ2v) is 6.06. The first kappa shape index (κ1) is 17.8. The van der Waals surface area contributed by atoms with E-state index >= 15 is 0 Å². The zero-order chi connectivity index (χ0) is 17.4. The van der Waals surface area contributed by atoms with Crippen molar-refractivity contribution in [3.8, 4) is 0 Å². The molecule has 126 valence electrons. The summed E-state index contributed by atoms with van der Waals surface area (Å²) in [5, 5.41) is 2.97. The minimum absolute atomic E-state index is 0.0456. The third-order valence-electron chi connectivity index (χ3n) is 3.84. The normalized spacial score (nSPS) is 10.8. The van der Waals surface area contributed by atoms with Crippen LogP contribution in [-0.2, 0) is 6.54 Å². The average Bonchev–Trinajstić information content (AvgIpc) is 2.61. The quantitative estimate of drug-likeness (QED) is 0.814. The molecule has 0 fully saturated rings. The highest BCUT2D eigenvalue weighted by Crippen LogP contribution is 2.12. The summed E-state index contributed by atoms with van der Waals surface area (Å²) in [5.41, 5.74) is 4.05. The van der Waals surface area contributed by atoms with Gasteiger partial charge in [0.2, 0.25) is 0 Å². The summed E-state index contributed by atoms with van der Waals surface area (Å²) in [6.45, 7) is 2.69. The monoisotopic (exact) mass is 322 g/mol. The molecule has 0 bridgehead atoms. The van der Waals surface area contributed by atoms with Crippen molar-refractivity contribution < 1.29 is 4.79 Å². The Hall–Kier alpha value is -2.55. The Labute approximate surface area is 145 Å². The summed E-state index contributed by atoms with van der Waals surface area (Å²) in [6.07, 6.45) is 6.48. The molecule has 0 saturated heterocycles. The van der Waals surface area contributed by atoms with Crippen LogP contribution >= 0.6 is 0 Å². The molecule has 2 aromatic rings.